The number of guanidine groups is 1. The highest BCUT2D eigenvalue weighted by molar-refractivity contribution is 7.09. The molecule has 0 saturated carbocycles. The number of amides is 1. The summed E-state index contributed by atoms with van der Waals surface area (Å²) >= 11 is 1.76. The molecule has 0 saturated heterocycles. The Hall–Kier alpha value is -1.60. The summed E-state index contributed by atoms with van der Waals surface area (Å²) in [7, 11) is 3.50. The lowest BCUT2D eigenvalue weighted by Crippen LogP contribution is -2.42. The minimum Gasteiger partial charge on any atom is -0.356 e. The number of thiophene rings is 1. The van der Waals surface area contributed by atoms with Crippen molar-refractivity contribution in [1.29, 1.82) is 0 Å². The molecule has 7 heteroatoms. The second-order valence-corrected chi connectivity index (χ2v) is 8.45. The fraction of sp³-hybridized carbons (Fsp3) is 0.700. The zero-order valence-electron chi connectivity index (χ0n) is 17.8. The summed E-state index contributed by atoms with van der Waals surface area (Å²) in [6, 6.07) is 5.29. The van der Waals surface area contributed by atoms with E-state index >= 15 is 0 Å². The number of carbonyl (C=O) groups is 1. The van der Waals surface area contributed by atoms with Crippen molar-refractivity contribution < 1.29 is 4.79 Å². The van der Waals surface area contributed by atoms with E-state index in [2.05, 4.69) is 65.7 Å². The molecule has 0 atom stereocenters. The number of likely N-dealkylation sites (N-methyl/N-ethyl adjacent to an activating group) is 1. The third-order valence-corrected chi connectivity index (χ3v) is 5.26. The number of hydrogen-bond donors (Lipinski definition) is 2. The molecule has 2 N–H and O–H groups in total. The zero-order chi connectivity index (χ0) is 20.2. The number of nitrogens with one attached hydrogen (secondary N) is 2. The summed E-state index contributed by atoms with van der Waals surface area (Å²) in [4.78, 5) is 21.7. The summed E-state index contributed by atoms with van der Waals surface area (Å²) < 4.78 is 0. The van der Waals surface area contributed by atoms with Gasteiger partial charge in [-0.15, -0.1) is 11.3 Å². The largest absolute Gasteiger partial charge is 0.356 e. The lowest BCUT2D eigenvalue weighted by Gasteiger charge is -2.30. The van der Waals surface area contributed by atoms with E-state index in [1.165, 1.54) is 4.88 Å². The van der Waals surface area contributed by atoms with Crippen molar-refractivity contribution in [1.82, 2.24) is 20.4 Å². The summed E-state index contributed by atoms with van der Waals surface area (Å²) in [5.74, 6) is 0.711. The van der Waals surface area contributed by atoms with E-state index in [-0.39, 0.29) is 12.5 Å². The Kier molecular flexibility index (Phi) is 11.0. The van der Waals surface area contributed by atoms with Gasteiger partial charge in [-0.25, -0.2) is 4.99 Å². The van der Waals surface area contributed by atoms with Gasteiger partial charge in [-0.2, -0.15) is 0 Å². The van der Waals surface area contributed by atoms with Crippen molar-refractivity contribution >= 4 is 23.2 Å². The van der Waals surface area contributed by atoms with Crippen LogP contribution in [0.5, 0.6) is 0 Å². The van der Waals surface area contributed by atoms with Crippen LogP contribution in [0.1, 0.15) is 39.0 Å². The van der Waals surface area contributed by atoms with E-state index in [0.29, 0.717) is 18.0 Å². The van der Waals surface area contributed by atoms with Crippen molar-refractivity contribution in [3.05, 3.63) is 22.4 Å². The van der Waals surface area contributed by atoms with Gasteiger partial charge < -0.3 is 15.5 Å². The predicted molar refractivity (Wildman–Crippen MR) is 117 cm³/mol. The van der Waals surface area contributed by atoms with Crippen molar-refractivity contribution in [2.45, 2.75) is 52.6 Å². The molecule has 1 heterocycles. The molecule has 27 heavy (non-hydrogen) atoms. The minimum atomic E-state index is 0.000137. The molecule has 0 fully saturated rings. The van der Waals surface area contributed by atoms with E-state index in [0.717, 1.165) is 32.5 Å². The first kappa shape index (κ1) is 23.4. The summed E-state index contributed by atoms with van der Waals surface area (Å²) in [5, 5.41) is 8.81. The Labute approximate surface area is 169 Å². The van der Waals surface area contributed by atoms with Crippen LogP contribution >= 0.6 is 11.3 Å². The molecule has 0 aromatic carbocycles. The lowest BCUT2D eigenvalue weighted by molar-refractivity contribution is -0.127. The number of rotatable bonds is 11. The third kappa shape index (κ3) is 9.77. The molecule has 6 nitrogen and oxygen atoms in total. The predicted octanol–water partition coefficient (Wildman–Crippen LogP) is 2.42. The molecule has 1 aromatic heterocycles. The number of carbonyl (C=O) groups excluding carboxylic acids is 1. The molecule has 1 aromatic rings. The van der Waals surface area contributed by atoms with Gasteiger partial charge in [0.2, 0.25) is 5.91 Å². The van der Waals surface area contributed by atoms with Crippen LogP contribution in [0.4, 0.5) is 0 Å². The molecule has 0 spiro atoms. The van der Waals surface area contributed by atoms with Crippen LogP contribution in [0.2, 0.25) is 0 Å². The first-order valence-electron chi connectivity index (χ1n) is 9.81. The summed E-state index contributed by atoms with van der Waals surface area (Å²) in [6.45, 7) is 11.8. The third-order valence-electron chi connectivity index (χ3n) is 4.33. The fourth-order valence-electron chi connectivity index (χ4n) is 2.80. The topological polar surface area (TPSA) is 60.0 Å². The smallest absolute Gasteiger partial charge is 0.243 e. The molecule has 0 aliphatic carbocycles. The monoisotopic (exact) mass is 395 g/mol. The van der Waals surface area contributed by atoms with Crippen LogP contribution < -0.4 is 10.6 Å². The average Bonchev–Trinajstić information content (AvgIpc) is 3.11. The van der Waals surface area contributed by atoms with Gasteiger partial charge in [0.15, 0.2) is 5.96 Å². The highest BCUT2D eigenvalue weighted by Crippen LogP contribution is 2.08. The Morgan fingerprint density at radius 3 is 2.37 bits per heavy atom. The molecular formula is C20H37N5OS. The zero-order valence-corrected chi connectivity index (χ0v) is 18.6. The standard InChI is InChI=1S/C20H37N5OS/c1-16(2)25(17(3)4)13-8-11-21-20(23-15-19(26)24(5)6)22-12-10-18-9-7-14-27-18/h7,9,14,16-17H,8,10-13,15H2,1-6H3,(H2,21,22,23). The molecule has 0 bridgehead atoms. The van der Waals surface area contributed by atoms with Gasteiger partial charge in [-0.3, -0.25) is 9.69 Å². The van der Waals surface area contributed by atoms with Gasteiger partial charge in [-0.1, -0.05) is 6.07 Å². The second-order valence-electron chi connectivity index (χ2n) is 7.41. The minimum absolute atomic E-state index is 0.000137. The van der Waals surface area contributed by atoms with Crippen molar-refractivity contribution in [2.75, 3.05) is 40.3 Å². The molecule has 1 amide bonds. The molecule has 154 valence electrons. The number of aliphatic imine (C=N–C) groups is 1. The Morgan fingerprint density at radius 2 is 1.81 bits per heavy atom. The highest BCUT2D eigenvalue weighted by Gasteiger charge is 2.12. The molecule has 0 aliphatic rings. The normalized spacial score (nSPS) is 12.1. The number of nitrogens with zero attached hydrogens (tertiary/aromatic N) is 3. The van der Waals surface area contributed by atoms with Gasteiger partial charge in [0.05, 0.1) is 0 Å². The van der Waals surface area contributed by atoms with Gasteiger partial charge in [0.25, 0.3) is 0 Å². The van der Waals surface area contributed by atoms with Gasteiger partial charge in [-0.05, 0) is 52.0 Å². The Morgan fingerprint density at radius 1 is 1.15 bits per heavy atom. The summed E-state index contributed by atoms with van der Waals surface area (Å²) in [5.41, 5.74) is 0. The van der Waals surface area contributed by atoms with Crippen LogP contribution in [-0.2, 0) is 11.2 Å². The molecule has 0 radical (unpaired) electrons. The van der Waals surface area contributed by atoms with Crippen molar-refractivity contribution in [3.63, 3.8) is 0 Å². The Bertz CT molecular complexity index is 547. The van der Waals surface area contributed by atoms with Crippen molar-refractivity contribution in [3.8, 4) is 0 Å². The van der Waals surface area contributed by atoms with E-state index in [9.17, 15) is 4.79 Å². The van der Waals surface area contributed by atoms with Gasteiger partial charge in [0.1, 0.15) is 6.54 Å². The SMILES string of the molecule is CC(C)N(CCCNC(=NCC(=O)N(C)C)NCCc1cccs1)C(C)C. The maximum absolute atomic E-state index is 11.8. The van der Waals surface area contributed by atoms with Gasteiger partial charge in [0, 0.05) is 50.7 Å². The van der Waals surface area contributed by atoms with E-state index in [1.54, 1.807) is 30.3 Å². The average molecular weight is 396 g/mol. The van der Waals surface area contributed by atoms with Crippen LogP contribution in [0, 0.1) is 0 Å². The highest BCUT2D eigenvalue weighted by atomic mass is 32.1. The first-order chi connectivity index (χ1) is 12.8. The van der Waals surface area contributed by atoms with E-state index in [4.69, 9.17) is 0 Å². The molecule has 0 aliphatic heterocycles. The first-order valence-corrected chi connectivity index (χ1v) is 10.7. The second kappa shape index (κ2) is 12.7. The Balaban J connectivity index is 2.49. The van der Waals surface area contributed by atoms with Crippen LogP contribution in [0.15, 0.2) is 22.5 Å². The van der Waals surface area contributed by atoms with Crippen LogP contribution in [0.3, 0.4) is 0 Å². The van der Waals surface area contributed by atoms with Crippen LogP contribution in [0.25, 0.3) is 0 Å². The maximum atomic E-state index is 11.8. The van der Waals surface area contributed by atoms with Crippen LogP contribution in [-0.4, -0.2) is 74.0 Å². The lowest BCUT2D eigenvalue weighted by atomic mass is 10.2. The molecule has 0 unspecified atom stereocenters. The summed E-state index contributed by atoms with van der Waals surface area (Å²) in [6.07, 6.45) is 1.98. The van der Waals surface area contributed by atoms with E-state index < -0.39 is 0 Å². The molecule has 1 rings (SSSR count). The fourth-order valence-corrected chi connectivity index (χ4v) is 3.51. The van der Waals surface area contributed by atoms with Crippen molar-refractivity contribution in [2.24, 2.45) is 4.99 Å². The maximum Gasteiger partial charge on any atom is 0.243 e. The van der Waals surface area contributed by atoms with Gasteiger partial charge >= 0.3 is 0 Å². The number of hydrogen-bond acceptors (Lipinski definition) is 4. The van der Waals surface area contributed by atoms with E-state index in [1.807, 2.05) is 0 Å². The molecular weight excluding hydrogens is 358 g/mol. The quantitative estimate of drug-likeness (QED) is 0.343.